The van der Waals surface area contributed by atoms with Crippen LogP contribution in [0.5, 0.6) is 0 Å². The van der Waals surface area contributed by atoms with Gasteiger partial charge in [0.25, 0.3) is 10.0 Å². The number of hydrogen-bond donors (Lipinski definition) is 1. The summed E-state index contributed by atoms with van der Waals surface area (Å²) in [5, 5.41) is -0.0177. The van der Waals surface area contributed by atoms with E-state index in [2.05, 4.69) is 9.71 Å². The monoisotopic (exact) mass is 248 g/mol. The van der Waals surface area contributed by atoms with E-state index in [1.807, 2.05) is 0 Å². The lowest BCUT2D eigenvalue weighted by Crippen LogP contribution is -2.40. The fourth-order valence-corrected chi connectivity index (χ4v) is 2.87. The Morgan fingerprint density at radius 3 is 2.47 bits per heavy atom. The van der Waals surface area contributed by atoms with Crippen LogP contribution in [0.1, 0.15) is 20.8 Å². The lowest BCUT2D eigenvalue weighted by molar-refractivity contribution is 0.489. The van der Waals surface area contributed by atoms with E-state index >= 15 is 0 Å². The summed E-state index contributed by atoms with van der Waals surface area (Å²) in [7, 11) is -3.64. The number of halogens is 1. The van der Waals surface area contributed by atoms with Gasteiger partial charge in [-0.2, -0.15) is 0 Å². The van der Waals surface area contributed by atoms with E-state index < -0.39 is 15.6 Å². The smallest absolute Gasteiger partial charge is 0.242 e. The van der Waals surface area contributed by atoms with Gasteiger partial charge in [-0.3, -0.25) is 0 Å². The van der Waals surface area contributed by atoms with E-state index in [1.54, 1.807) is 26.8 Å². The summed E-state index contributed by atoms with van der Waals surface area (Å²) in [5.74, 6) is 0. The van der Waals surface area contributed by atoms with Crippen molar-refractivity contribution in [1.82, 2.24) is 9.71 Å². The fraction of sp³-hybridized carbons (Fsp3) is 0.444. The Bertz CT molecular complexity index is 451. The van der Waals surface area contributed by atoms with Crippen LogP contribution >= 0.6 is 11.6 Å². The van der Waals surface area contributed by atoms with Gasteiger partial charge in [-0.25, -0.2) is 18.1 Å². The maximum Gasteiger partial charge on any atom is 0.260 e. The van der Waals surface area contributed by atoms with Crippen molar-refractivity contribution >= 4 is 21.6 Å². The lowest BCUT2D eigenvalue weighted by Gasteiger charge is -2.20. The Hall–Kier alpha value is -0.650. The Balaban J connectivity index is 3.13. The first-order valence-corrected chi connectivity index (χ1v) is 6.23. The molecule has 0 spiro atoms. The maximum atomic E-state index is 11.8. The van der Waals surface area contributed by atoms with Crippen molar-refractivity contribution in [3.63, 3.8) is 0 Å². The topological polar surface area (TPSA) is 59.1 Å². The predicted molar refractivity (Wildman–Crippen MR) is 59.3 cm³/mol. The summed E-state index contributed by atoms with van der Waals surface area (Å²) in [6, 6.07) is 3.07. The second-order valence-electron chi connectivity index (χ2n) is 4.15. The summed E-state index contributed by atoms with van der Waals surface area (Å²) in [4.78, 5) is 3.75. The minimum atomic E-state index is -3.64. The van der Waals surface area contributed by atoms with Crippen LogP contribution < -0.4 is 4.72 Å². The molecule has 4 nitrogen and oxygen atoms in total. The molecule has 1 aromatic heterocycles. The highest BCUT2D eigenvalue weighted by Gasteiger charge is 2.24. The molecule has 0 saturated carbocycles. The van der Waals surface area contributed by atoms with Crippen LogP contribution in [0.15, 0.2) is 23.4 Å². The zero-order valence-corrected chi connectivity index (χ0v) is 10.4. The molecule has 0 radical (unpaired) electrons. The molecule has 0 amide bonds. The Morgan fingerprint density at radius 2 is 2.00 bits per heavy atom. The summed E-state index contributed by atoms with van der Waals surface area (Å²) < 4.78 is 26.1. The van der Waals surface area contributed by atoms with Crippen molar-refractivity contribution in [1.29, 1.82) is 0 Å². The third-order valence-corrected chi connectivity index (χ3v) is 3.55. The van der Waals surface area contributed by atoms with E-state index in [-0.39, 0.29) is 10.0 Å². The SMILES string of the molecule is CC(C)(C)NS(=O)(=O)c1ncccc1Cl. The van der Waals surface area contributed by atoms with E-state index in [1.165, 1.54) is 12.3 Å². The molecule has 0 unspecified atom stereocenters. The molecular weight excluding hydrogens is 236 g/mol. The van der Waals surface area contributed by atoms with E-state index in [0.29, 0.717) is 0 Å². The van der Waals surface area contributed by atoms with Crippen LogP contribution in [0, 0.1) is 0 Å². The van der Waals surface area contributed by atoms with E-state index in [9.17, 15) is 8.42 Å². The minimum Gasteiger partial charge on any atom is -0.242 e. The van der Waals surface area contributed by atoms with Crippen molar-refractivity contribution in [2.75, 3.05) is 0 Å². The van der Waals surface area contributed by atoms with Crippen LogP contribution in [0.4, 0.5) is 0 Å². The van der Waals surface area contributed by atoms with Gasteiger partial charge in [-0.1, -0.05) is 11.6 Å². The number of rotatable bonds is 2. The summed E-state index contributed by atoms with van der Waals surface area (Å²) in [6.45, 7) is 5.25. The average Bonchev–Trinajstić information content (AvgIpc) is 1.99. The molecular formula is C9H13ClN2O2S. The van der Waals surface area contributed by atoms with Gasteiger partial charge >= 0.3 is 0 Å². The third-order valence-electron chi connectivity index (χ3n) is 1.42. The van der Waals surface area contributed by atoms with Gasteiger partial charge in [-0.05, 0) is 32.9 Å². The molecule has 0 fully saturated rings. The number of nitrogens with one attached hydrogen (secondary N) is 1. The molecule has 1 heterocycles. The van der Waals surface area contributed by atoms with Crippen LogP contribution in [0.25, 0.3) is 0 Å². The van der Waals surface area contributed by atoms with Gasteiger partial charge in [0, 0.05) is 11.7 Å². The predicted octanol–water partition coefficient (Wildman–Crippen LogP) is 1.81. The molecule has 0 bridgehead atoms. The maximum absolute atomic E-state index is 11.8. The van der Waals surface area contributed by atoms with Gasteiger partial charge in [0.2, 0.25) is 0 Å². The highest BCUT2D eigenvalue weighted by molar-refractivity contribution is 7.89. The van der Waals surface area contributed by atoms with E-state index in [0.717, 1.165) is 0 Å². The van der Waals surface area contributed by atoms with Gasteiger partial charge < -0.3 is 0 Å². The summed E-state index contributed by atoms with van der Waals surface area (Å²) >= 11 is 5.76. The molecule has 84 valence electrons. The summed E-state index contributed by atoms with van der Waals surface area (Å²) in [5.41, 5.74) is -0.556. The number of hydrogen-bond acceptors (Lipinski definition) is 3. The van der Waals surface area contributed by atoms with Crippen molar-refractivity contribution in [3.8, 4) is 0 Å². The number of pyridine rings is 1. The minimum absolute atomic E-state index is 0.120. The van der Waals surface area contributed by atoms with Crippen molar-refractivity contribution in [3.05, 3.63) is 23.4 Å². The molecule has 0 atom stereocenters. The van der Waals surface area contributed by atoms with Gasteiger partial charge in [0.05, 0.1) is 5.02 Å². The van der Waals surface area contributed by atoms with Crippen molar-refractivity contribution < 1.29 is 8.42 Å². The third kappa shape index (κ3) is 3.44. The first-order chi connectivity index (χ1) is 6.72. The zero-order valence-electron chi connectivity index (χ0n) is 8.78. The first kappa shape index (κ1) is 12.4. The van der Waals surface area contributed by atoms with Crippen molar-refractivity contribution in [2.24, 2.45) is 0 Å². The zero-order chi connectivity index (χ0) is 11.7. The molecule has 0 aromatic carbocycles. The first-order valence-electron chi connectivity index (χ1n) is 4.37. The van der Waals surface area contributed by atoms with Gasteiger partial charge in [0.1, 0.15) is 0 Å². The molecule has 0 aliphatic carbocycles. The molecule has 0 aliphatic rings. The van der Waals surface area contributed by atoms with Gasteiger partial charge in [-0.15, -0.1) is 0 Å². The fourth-order valence-electron chi connectivity index (χ4n) is 1.02. The molecule has 0 aliphatic heterocycles. The standard InChI is InChI=1S/C9H13ClN2O2S/c1-9(2,3)12-15(13,14)8-7(10)5-4-6-11-8/h4-6,12H,1-3H3. The van der Waals surface area contributed by atoms with Crippen LogP contribution in [-0.4, -0.2) is 18.9 Å². The highest BCUT2D eigenvalue weighted by atomic mass is 35.5. The Kier molecular flexibility index (Phi) is 3.38. The average molecular weight is 249 g/mol. The van der Waals surface area contributed by atoms with Crippen LogP contribution in [-0.2, 0) is 10.0 Å². The second kappa shape index (κ2) is 4.08. The lowest BCUT2D eigenvalue weighted by atomic mass is 10.1. The Labute approximate surface area is 94.7 Å². The largest absolute Gasteiger partial charge is 0.260 e. The number of aromatic nitrogens is 1. The number of nitrogens with zero attached hydrogens (tertiary/aromatic N) is 1. The van der Waals surface area contributed by atoms with E-state index in [4.69, 9.17) is 11.6 Å². The molecule has 1 aromatic rings. The molecule has 1 N–H and O–H groups in total. The molecule has 0 saturated heterocycles. The van der Waals surface area contributed by atoms with Crippen LogP contribution in [0.2, 0.25) is 5.02 Å². The normalized spacial score (nSPS) is 12.8. The summed E-state index contributed by atoms with van der Waals surface area (Å²) in [6.07, 6.45) is 1.39. The number of sulfonamides is 1. The highest BCUT2D eigenvalue weighted by Crippen LogP contribution is 2.19. The van der Waals surface area contributed by atoms with Crippen LogP contribution in [0.3, 0.4) is 0 Å². The van der Waals surface area contributed by atoms with Crippen molar-refractivity contribution in [2.45, 2.75) is 31.3 Å². The second-order valence-corrected chi connectivity index (χ2v) is 6.15. The molecule has 1 rings (SSSR count). The van der Waals surface area contributed by atoms with Gasteiger partial charge in [0.15, 0.2) is 5.03 Å². The quantitative estimate of drug-likeness (QED) is 0.869. The molecule has 6 heteroatoms. The Morgan fingerprint density at radius 1 is 1.40 bits per heavy atom. The molecule has 15 heavy (non-hydrogen) atoms.